The van der Waals surface area contributed by atoms with E-state index < -0.39 is 12.0 Å². The third kappa shape index (κ3) is 1.32. The van der Waals surface area contributed by atoms with Gasteiger partial charge in [0, 0.05) is 0 Å². The number of aliphatic carboxylic acids is 1. The number of carbonyl (C=O) groups is 1. The highest BCUT2D eigenvalue weighted by Gasteiger charge is 2.71. The van der Waals surface area contributed by atoms with Crippen molar-refractivity contribution < 1.29 is 14.6 Å². The summed E-state index contributed by atoms with van der Waals surface area (Å²) in [7, 11) is 1.66. The molecule has 18 heavy (non-hydrogen) atoms. The van der Waals surface area contributed by atoms with Crippen molar-refractivity contribution in [2.24, 2.45) is 11.1 Å². The van der Waals surface area contributed by atoms with Crippen LogP contribution in [0.2, 0.25) is 0 Å². The van der Waals surface area contributed by atoms with Crippen molar-refractivity contribution in [3.8, 4) is 5.75 Å². The van der Waals surface area contributed by atoms with Gasteiger partial charge < -0.3 is 15.6 Å². The molecule has 0 aromatic heterocycles. The zero-order valence-corrected chi connectivity index (χ0v) is 10.3. The molecule has 1 atom stereocenters. The topological polar surface area (TPSA) is 72.5 Å². The zero-order valence-electron chi connectivity index (χ0n) is 10.3. The molecule has 3 saturated carbocycles. The van der Waals surface area contributed by atoms with Gasteiger partial charge in [0.2, 0.25) is 0 Å². The minimum Gasteiger partial charge on any atom is -0.497 e. The molecule has 2 bridgehead atoms. The molecule has 4 rings (SSSR count). The van der Waals surface area contributed by atoms with E-state index >= 15 is 0 Å². The molecule has 1 unspecified atom stereocenters. The van der Waals surface area contributed by atoms with Crippen molar-refractivity contribution in [1.82, 2.24) is 0 Å². The number of hydrogen-bond donors (Lipinski definition) is 2. The minimum atomic E-state index is -0.881. The molecule has 3 fully saturated rings. The summed E-state index contributed by atoms with van der Waals surface area (Å²) >= 11 is 0. The van der Waals surface area contributed by atoms with E-state index in [0.29, 0.717) is 0 Å². The lowest BCUT2D eigenvalue weighted by atomic mass is 9.31. The number of ether oxygens (including phenoxy) is 1. The van der Waals surface area contributed by atoms with Crippen LogP contribution in [0, 0.1) is 5.41 Å². The normalized spacial score (nSPS) is 34.1. The Labute approximate surface area is 106 Å². The summed E-state index contributed by atoms with van der Waals surface area (Å²) in [6.07, 6.45) is 2.67. The second kappa shape index (κ2) is 3.48. The standard InChI is InChI=1S/C14H17NO3/c1-18-10-4-2-3-9(5-10)13-6-14(7-13,8-13)11(15)12(16)17/h2-5,11H,6-8,15H2,1H3,(H,16,17). The van der Waals surface area contributed by atoms with Crippen LogP contribution in [0.1, 0.15) is 24.8 Å². The van der Waals surface area contributed by atoms with E-state index in [4.69, 9.17) is 15.6 Å². The summed E-state index contributed by atoms with van der Waals surface area (Å²) in [6, 6.07) is 7.34. The summed E-state index contributed by atoms with van der Waals surface area (Å²) in [5.41, 5.74) is 7.01. The Morgan fingerprint density at radius 2 is 2.11 bits per heavy atom. The molecule has 0 aliphatic heterocycles. The molecule has 3 aliphatic rings. The predicted octanol–water partition coefficient (Wildman–Crippen LogP) is 1.53. The lowest BCUT2D eigenvalue weighted by molar-refractivity contribution is -0.178. The Balaban J connectivity index is 1.78. The van der Waals surface area contributed by atoms with Crippen LogP contribution in [-0.4, -0.2) is 24.2 Å². The number of carboxylic acid groups (broad SMARTS) is 1. The van der Waals surface area contributed by atoms with Gasteiger partial charge in [-0.25, -0.2) is 0 Å². The first kappa shape index (κ1) is 11.5. The van der Waals surface area contributed by atoms with Crippen molar-refractivity contribution in [3.63, 3.8) is 0 Å². The van der Waals surface area contributed by atoms with Crippen molar-refractivity contribution >= 4 is 5.97 Å². The number of hydrogen-bond acceptors (Lipinski definition) is 3. The lowest BCUT2D eigenvalue weighted by Crippen LogP contribution is -2.72. The maximum atomic E-state index is 11.0. The molecule has 3 N–H and O–H groups in total. The highest BCUT2D eigenvalue weighted by molar-refractivity contribution is 5.76. The van der Waals surface area contributed by atoms with Gasteiger partial charge in [-0.2, -0.15) is 0 Å². The van der Waals surface area contributed by atoms with Gasteiger partial charge >= 0.3 is 5.97 Å². The van der Waals surface area contributed by atoms with E-state index in [0.717, 1.165) is 25.0 Å². The Morgan fingerprint density at radius 3 is 2.67 bits per heavy atom. The van der Waals surface area contributed by atoms with Gasteiger partial charge in [-0.15, -0.1) is 0 Å². The molecule has 1 aromatic carbocycles. The summed E-state index contributed by atoms with van der Waals surface area (Å²) < 4.78 is 5.23. The monoisotopic (exact) mass is 247 g/mol. The maximum absolute atomic E-state index is 11.0. The third-order valence-corrected chi connectivity index (χ3v) is 4.68. The lowest BCUT2D eigenvalue weighted by Gasteiger charge is -2.72. The van der Waals surface area contributed by atoms with Crippen molar-refractivity contribution in [2.75, 3.05) is 7.11 Å². The fourth-order valence-electron chi connectivity index (χ4n) is 3.72. The highest BCUT2D eigenvalue weighted by Crippen LogP contribution is 2.74. The summed E-state index contributed by atoms with van der Waals surface area (Å²) in [6.45, 7) is 0. The first-order valence-corrected chi connectivity index (χ1v) is 6.14. The molecule has 0 saturated heterocycles. The van der Waals surface area contributed by atoms with Gasteiger partial charge in [0.15, 0.2) is 0 Å². The molecule has 1 aromatic rings. The van der Waals surface area contributed by atoms with Crippen LogP contribution < -0.4 is 10.5 Å². The molecular weight excluding hydrogens is 230 g/mol. The smallest absolute Gasteiger partial charge is 0.321 e. The van der Waals surface area contributed by atoms with Crippen LogP contribution in [0.25, 0.3) is 0 Å². The van der Waals surface area contributed by atoms with Crippen LogP contribution in [0.4, 0.5) is 0 Å². The average Bonchev–Trinajstić information content (AvgIpc) is 2.25. The SMILES string of the molecule is COc1cccc(C23CC(C(N)C(=O)O)(C2)C3)c1. The molecule has 0 heterocycles. The van der Waals surface area contributed by atoms with Crippen LogP contribution in [0.5, 0.6) is 5.75 Å². The van der Waals surface area contributed by atoms with Gasteiger partial charge in [-0.1, -0.05) is 12.1 Å². The van der Waals surface area contributed by atoms with Gasteiger partial charge in [0.05, 0.1) is 7.11 Å². The van der Waals surface area contributed by atoms with Gasteiger partial charge in [0.1, 0.15) is 11.8 Å². The number of nitrogens with two attached hydrogens (primary N) is 1. The zero-order chi connectivity index (χ0) is 13.0. The van der Waals surface area contributed by atoms with E-state index in [9.17, 15) is 4.79 Å². The largest absolute Gasteiger partial charge is 0.497 e. The predicted molar refractivity (Wildman–Crippen MR) is 66.6 cm³/mol. The highest BCUT2D eigenvalue weighted by atomic mass is 16.5. The fraction of sp³-hybridized carbons (Fsp3) is 0.500. The number of methoxy groups -OCH3 is 1. The molecular formula is C14H17NO3. The average molecular weight is 247 g/mol. The molecule has 0 spiro atoms. The van der Waals surface area contributed by atoms with Gasteiger partial charge in [-0.05, 0) is 47.8 Å². The van der Waals surface area contributed by atoms with Crippen LogP contribution in [0.15, 0.2) is 24.3 Å². The van der Waals surface area contributed by atoms with Crippen molar-refractivity contribution in [3.05, 3.63) is 29.8 Å². The van der Waals surface area contributed by atoms with Gasteiger partial charge in [0.25, 0.3) is 0 Å². The van der Waals surface area contributed by atoms with E-state index in [1.165, 1.54) is 5.56 Å². The molecule has 4 heteroatoms. The molecule has 4 nitrogen and oxygen atoms in total. The summed E-state index contributed by atoms with van der Waals surface area (Å²) in [5.74, 6) is -0.0252. The Hall–Kier alpha value is -1.55. The van der Waals surface area contributed by atoms with E-state index in [2.05, 4.69) is 12.1 Å². The molecule has 0 radical (unpaired) electrons. The second-order valence-corrected chi connectivity index (χ2v) is 5.72. The summed E-state index contributed by atoms with van der Waals surface area (Å²) in [5, 5.41) is 9.00. The maximum Gasteiger partial charge on any atom is 0.321 e. The minimum absolute atomic E-state index is 0.154. The van der Waals surface area contributed by atoms with Crippen LogP contribution >= 0.6 is 0 Å². The van der Waals surface area contributed by atoms with E-state index in [1.807, 2.05) is 12.1 Å². The van der Waals surface area contributed by atoms with Crippen molar-refractivity contribution in [1.29, 1.82) is 0 Å². The Kier molecular flexibility index (Phi) is 2.23. The second-order valence-electron chi connectivity index (χ2n) is 5.72. The number of carboxylic acids is 1. The molecule has 3 aliphatic carbocycles. The number of rotatable bonds is 4. The Morgan fingerprint density at radius 1 is 1.44 bits per heavy atom. The molecule has 96 valence electrons. The number of benzene rings is 1. The van der Waals surface area contributed by atoms with Crippen molar-refractivity contribution in [2.45, 2.75) is 30.7 Å². The first-order chi connectivity index (χ1) is 8.51. The fourth-order valence-corrected chi connectivity index (χ4v) is 3.72. The van der Waals surface area contributed by atoms with Crippen LogP contribution in [-0.2, 0) is 10.2 Å². The third-order valence-electron chi connectivity index (χ3n) is 4.68. The molecule has 0 amide bonds. The van der Waals surface area contributed by atoms with Crippen LogP contribution in [0.3, 0.4) is 0 Å². The van der Waals surface area contributed by atoms with E-state index in [1.54, 1.807) is 7.11 Å². The van der Waals surface area contributed by atoms with E-state index in [-0.39, 0.29) is 10.8 Å². The Bertz CT molecular complexity index is 492. The quantitative estimate of drug-likeness (QED) is 0.846. The summed E-state index contributed by atoms with van der Waals surface area (Å²) in [4.78, 5) is 11.0. The first-order valence-electron chi connectivity index (χ1n) is 6.14. The van der Waals surface area contributed by atoms with Gasteiger partial charge in [-0.3, -0.25) is 4.79 Å².